The number of hydrogen-bond acceptors (Lipinski definition) is 3. The van der Waals surface area contributed by atoms with Gasteiger partial charge in [-0.3, -0.25) is 4.79 Å². The molecule has 1 fully saturated rings. The molecule has 0 saturated heterocycles. The molecule has 1 amide bonds. The molecule has 146 valence electrons. The fraction of sp³-hybridized carbons (Fsp3) is 0.579. The van der Waals surface area contributed by atoms with Crippen LogP contribution in [0.25, 0.3) is 0 Å². The van der Waals surface area contributed by atoms with Crippen molar-refractivity contribution in [2.75, 3.05) is 19.6 Å². The number of rotatable bonds is 9. The second kappa shape index (κ2) is 11.4. The number of nitrogens with zero attached hydrogens (tertiary/aromatic N) is 1. The molecule has 1 unspecified atom stereocenters. The van der Waals surface area contributed by atoms with Crippen molar-refractivity contribution < 1.29 is 9.90 Å². The fourth-order valence-corrected chi connectivity index (χ4v) is 2.45. The van der Waals surface area contributed by atoms with Gasteiger partial charge in [-0.15, -0.1) is 24.0 Å². The minimum absolute atomic E-state index is 0. The van der Waals surface area contributed by atoms with Crippen molar-refractivity contribution in [3.05, 3.63) is 35.9 Å². The van der Waals surface area contributed by atoms with Crippen molar-refractivity contribution in [2.24, 2.45) is 4.99 Å². The van der Waals surface area contributed by atoms with E-state index in [2.05, 4.69) is 20.9 Å². The summed E-state index contributed by atoms with van der Waals surface area (Å²) in [7, 11) is 0. The summed E-state index contributed by atoms with van der Waals surface area (Å²) in [5.41, 5.74) is -0.181. The van der Waals surface area contributed by atoms with Crippen molar-refractivity contribution in [3.8, 4) is 0 Å². The number of nitrogens with one attached hydrogen (secondary N) is 3. The van der Waals surface area contributed by atoms with Crippen molar-refractivity contribution in [1.82, 2.24) is 16.0 Å². The van der Waals surface area contributed by atoms with Crippen LogP contribution in [0.5, 0.6) is 0 Å². The van der Waals surface area contributed by atoms with Crippen molar-refractivity contribution in [3.63, 3.8) is 0 Å². The van der Waals surface area contributed by atoms with E-state index in [4.69, 9.17) is 0 Å². The molecule has 6 nitrogen and oxygen atoms in total. The monoisotopic (exact) mass is 474 g/mol. The first kappa shape index (κ1) is 22.7. The molecule has 0 spiro atoms. The molecule has 0 aromatic heterocycles. The third-order valence-electron chi connectivity index (χ3n) is 4.10. The summed E-state index contributed by atoms with van der Waals surface area (Å²) < 4.78 is 0. The molecule has 0 heterocycles. The zero-order chi connectivity index (χ0) is 18.1. The first-order valence-electron chi connectivity index (χ1n) is 9.10. The number of guanidine groups is 1. The summed E-state index contributed by atoms with van der Waals surface area (Å²) in [6, 6.07) is 9.95. The summed E-state index contributed by atoms with van der Waals surface area (Å²) in [5.74, 6) is 0.777. The van der Waals surface area contributed by atoms with Gasteiger partial charge in [0.15, 0.2) is 5.96 Å². The highest BCUT2D eigenvalue weighted by Crippen LogP contribution is 2.20. The lowest BCUT2D eigenvalue weighted by molar-refractivity contribution is -0.121. The van der Waals surface area contributed by atoms with Crippen LogP contribution in [0.4, 0.5) is 0 Å². The standard InChI is InChI=1S/C19H30N4O2.HI/c1-3-20-18(21-13-7-10-17(24)23-16-11-12-16)22-14-19(2,25)15-8-5-4-6-9-15;/h4-6,8-9,16,25H,3,7,10-14H2,1-2H3,(H,23,24)(H2,20,21,22);1H. The topological polar surface area (TPSA) is 85.8 Å². The normalized spacial score (nSPS) is 16.2. The first-order chi connectivity index (χ1) is 12.0. The van der Waals surface area contributed by atoms with E-state index in [1.165, 1.54) is 0 Å². The minimum atomic E-state index is -1.02. The van der Waals surface area contributed by atoms with Crippen LogP contribution in [-0.2, 0) is 10.4 Å². The van der Waals surface area contributed by atoms with Crippen LogP contribution in [0.15, 0.2) is 35.3 Å². The molecule has 1 aliphatic carbocycles. The third kappa shape index (κ3) is 8.35. The van der Waals surface area contributed by atoms with E-state index in [1.807, 2.05) is 37.3 Å². The lowest BCUT2D eigenvalue weighted by Crippen LogP contribution is -2.39. The van der Waals surface area contributed by atoms with Crippen LogP contribution < -0.4 is 16.0 Å². The Bertz CT molecular complexity index is 574. The summed E-state index contributed by atoms with van der Waals surface area (Å²) in [6.07, 6.45) is 3.49. The van der Waals surface area contributed by atoms with Gasteiger partial charge in [0.2, 0.25) is 5.91 Å². The number of carbonyl (C=O) groups is 1. The molecule has 1 aromatic carbocycles. The van der Waals surface area contributed by atoms with Gasteiger partial charge in [-0.2, -0.15) is 0 Å². The Kier molecular flexibility index (Phi) is 9.93. The van der Waals surface area contributed by atoms with Gasteiger partial charge in [-0.05, 0) is 38.7 Å². The Morgan fingerprint density at radius 2 is 1.96 bits per heavy atom. The smallest absolute Gasteiger partial charge is 0.220 e. The average molecular weight is 474 g/mol. The summed E-state index contributed by atoms with van der Waals surface area (Å²) in [6.45, 7) is 5.42. The van der Waals surface area contributed by atoms with E-state index in [9.17, 15) is 9.90 Å². The number of aliphatic imine (C=N–C) groups is 1. The zero-order valence-electron chi connectivity index (χ0n) is 15.6. The predicted molar refractivity (Wildman–Crippen MR) is 116 cm³/mol. The molecular weight excluding hydrogens is 443 g/mol. The molecule has 4 N–H and O–H groups in total. The number of amides is 1. The Balaban J connectivity index is 0.00000338. The molecule has 0 bridgehead atoms. The van der Waals surface area contributed by atoms with Crippen LogP contribution >= 0.6 is 24.0 Å². The number of carbonyl (C=O) groups excluding carboxylic acids is 1. The maximum absolute atomic E-state index is 11.7. The number of aliphatic hydroxyl groups is 1. The minimum Gasteiger partial charge on any atom is -0.384 e. The number of hydrogen-bond donors (Lipinski definition) is 4. The van der Waals surface area contributed by atoms with Crippen molar-refractivity contribution >= 4 is 35.8 Å². The van der Waals surface area contributed by atoms with E-state index < -0.39 is 5.60 Å². The Hall–Kier alpha value is -1.35. The summed E-state index contributed by atoms with van der Waals surface area (Å²) >= 11 is 0. The van der Waals surface area contributed by atoms with E-state index in [0.717, 1.165) is 31.4 Å². The van der Waals surface area contributed by atoms with E-state index >= 15 is 0 Å². The van der Waals surface area contributed by atoms with Gasteiger partial charge in [0.25, 0.3) is 0 Å². The van der Waals surface area contributed by atoms with Crippen molar-refractivity contribution in [1.29, 1.82) is 0 Å². The van der Waals surface area contributed by atoms with E-state index in [-0.39, 0.29) is 36.4 Å². The largest absolute Gasteiger partial charge is 0.384 e. The molecule has 1 aromatic rings. The maximum atomic E-state index is 11.7. The number of benzene rings is 1. The van der Waals surface area contributed by atoms with Gasteiger partial charge in [0.1, 0.15) is 5.60 Å². The SMILES string of the molecule is CCNC(=NCC(C)(O)c1ccccc1)NCCCC(=O)NC1CC1.I. The highest BCUT2D eigenvalue weighted by atomic mass is 127. The summed E-state index contributed by atoms with van der Waals surface area (Å²) in [4.78, 5) is 16.1. The zero-order valence-corrected chi connectivity index (χ0v) is 18.0. The first-order valence-corrected chi connectivity index (χ1v) is 9.10. The highest BCUT2D eigenvalue weighted by Gasteiger charge is 2.23. The molecular formula is C19H31IN4O2. The fourth-order valence-electron chi connectivity index (χ4n) is 2.45. The lowest BCUT2D eigenvalue weighted by atomic mass is 9.96. The van der Waals surface area contributed by atoms with Crippen LogP contribution in [0.1, 0.15) is 45.1 Å². The Labute approximate surface area is 173 Å². The van der Waals surface area contributed by atoms with Crippen LogP contribution in [0.3, 0.4) is 0 Å². The number of halogens is 1. The molecule has 0 radical (unpaired) electrons. The maximum Gasteiger partial charge on any atom is 0.220 e. The molecule has 0 aliphatic heterocycles. The second-order valence-corrected chi connectivity index (χ2v) is 6.71. The molecule has 1 atom stereocenters. The predicted octanol–water partition coefficient (Wildman–Crippen LogP) is 2.13. The summed E-state index contributed by atoms with van der Waals surface area (Å²) in [5, 5.41) is 20.0. The van der Waals surface area contributed by atoms with Gasteiger partial charge >= 0.3 is 0 Å². The Morgan fingerprint density at radius 1 is 1.27 bits per heavy atom. The molecule has 1 saturated carbocycles. The van der Waals surface area contributed by atoms with Gasteiger partial charge < -0.3 is 21.1 Å². The van der Waals surface area contributed by atoms with Crippen LogP contribution in [0.2, 0.25) is 0 Å². The molecule has 7 heteroatoms. The second-order valence-electron chi connectivity index (χ2n) is 6.71. The van der Waals surface area contributed by atoms with Crippen molar-refractivity contribution in [2.45, 2.75) is 51.2 Å². The van der Waals surface area contributed by atoms with Crippen LogP contribution in [-0.4, -0.2) is 42.6 Å². The highest BCUT2D eigenvalue weighted by molar-refractivity contribution is 14.0. The third-order valence-corrected chi connectivity index (χ3v) is 4.10. The Morgan fingerprint density at radius 3 is 2.58 bits per heavy atom. The van der Waals surface area contributed by atoms with Gasteiger partial charge in [0.05, 0.1) is 6.54 Å². The lowest BCUT2D eigenvalue weighted by Gasteiger charge is -2.22. The molecule has 26 heavy (non-hydrogen) atoms. The van der Waals surface area contributed by atoms with Crippen LogP contribution in [0, 0.1) is 0 Å². The molecule has 2 rings (SSSR count). The average Bonchev–Trinajstić information content (AvgIpc) is 3.41. The molecule has 1 aliphatic rings. The quantitative estimate of drug-likeness (QED) is 0.191. The van der Waals surface area contributed by atoms with E-state index in [1.54, 1.807) is 6.92 Å². The van der Waals surface area contributed by atoms with Gasteiger partial charge in [-0.25, -0.2) is 4.99 Å². The van der Waals surface area contributed by atoms with Gasteiger partial charge in [0, 0.05) is 25.6 Å². The van der Waals surface area contributed by atoms with Gasteiger partial charge in [-0.1, -0.05) is 30.3 Å². The van der Waals surface area contributed by atoms with E-state index in [0.29, 0.717) is 25.0 Å².